The van der Waals surface area contributed by atoms with Crippen molar-refractivity contribution in [3.63, 3.8) is 0 Å². The molecule has 1 amide bonds. The minimum Gasteiger partial charge on any atom is -0.494 e. The molecule has 0 unspecified atom stereocenters. The standard InChI is InChI=1S/C25H21F2N3O3S/c1-29(14-16-11-12-22(33-2)19(27)13-16)23(31)15-34-25-28-20-9-5-3-7-17(20)24(32)30(25)21-10-6-4-8-18(21)26/h3-13H,14-15H2,1-2H3. The van der Waals surface area contributed by atoms with Gasteiger partial charge in [0.05, 0.1) is 29.5 Å². The van der Waals surface area contributed by atoms with Crippen molar-refractivity contribution in [3.05, 3.63) is 94.3 Å². The molecule has 0 aliphatic carbocycles. The molecule has 1 aromatic heterocycles. The summed E-state index contributed by atoms with van der Waals surface area (Å²) in [6.45, 7) is 0.186. The van der Waals surface area contributed by atoms with Gasteiger partial charge in [-0.15, -0.1) is 0 Å². The quantitative estimate of drug-likeness (QED) is 0.289. The van der Waals surface area contributed by atoms with Crippen molar-refractivity contribution < 1.29 is 18.3 Å². The number of thioether (sulfide) groups is 1. The van der Waals surface area contributed by atoms with Crippen molar-refractivity contribution in [1.29, 1.82) is 0 Å². The number of fused-ring (bicyclic) bond motifs is 1. The maximum absolute atomic E-state index is 14.6. The van der Waals surface area contributed by atoms with Crippen LogP contribution in [0.2, 0.25) is 0 Å². The van der Waals surface area contributed by atoms with E-state index in [0.717, 1.165) is 11.8 Å². The van der Waals surface area contributed by atoms with Crippen molar-refractivity contribution >= 4 is 28.6 Å². The average molecular weight is 482 g/mol. The van der Waals surface area contributed by atoms with Gasteiger partial charge in [-0.05, 0) is 42.0 Å². The monoisotopic (exact) mass is 481 g/mol. The average Bonchev–Trinajstić information content (AvgIpc) is 2.83. The number of aromatic nitrogens is 2. The number of amides is 1. The number of hydrogen-bond donors (Lipinski definition) is 0. The van der Waals surface area contributed by atoms with Crippen LogP contribution in [0.1, 0.15) is 5.56 Å². The lowest BCUT2D eigenvalue weighted by molar-refractivity contribution is -0.127. The molecule has 0 atom stereocenters. The van der Waals surface area contributed by atoms with Gasteiger partial charge >= 0.3 is 0 Å². The number of rotatable bonds is 7. The van der Waals surface area contributed by atoms with Gasteiger partial charge in [0.2, 0.25) is 5.91 Å². The molecule has 0 aliphatic heterocycles. The first-order chi connectivity index (χ1) is 16.4. The summed E-state index contributed by atoms with van der Waals surface area (Å²) in [6, 6.07) is 17.2. The Morgan fingerprint density at radius 3 is 2.53 bits per heavy atom. The molecule has 3 aromatic carbocycles. The van der Waals surface area contributed by atoms with Crippen LogP contribution in [-0.4, -0.2) is 40.3 Å². The first kappa shape index (κ1) is 23.4. The van der Waals surface area contributed by atoms with Gasteiger partial charge in [-0.25, -0.2) is 13.8 Å². The molecule has 0 bridgehead atoms. The van der Waals surface area contributed by atoms with Crippen LogP contribution in [0.4, 0.5) is 8.78 Å². The number of methoxy groups -OCH3 is 1. The highest BCUT2D eigenvalue weighted by atomic mass is 32.2. The fraction of sp³-hybridized carbons (Fsp3) is 0.160. The van der Waals surface area contributed by atoms with E-state index in [2.05, 4.69) is 4.98 Å². The number of hydrogen-bond acceptors (Lipinski definition) is 5. The lowest BCUT2D eigenvalue weighted by atomic mass is 10.2. The molecule has 0 saturated heterocycles. The lowest BCUT2D eigenvalue weighted by Crippen LogP contribution is -2.28. The molecular formula is C25H21F2N3O3S. The van der Waals surface area contributed by atoms with E-state index in [0.29, 0.717) is 16.5 Å². The fourth-order valence-corrected chi connectivity index (χ4v) is 4.41. The summed E-state index contributed by atoms with van der Waals surface area (Å²) in [5.41, 5.74) is 0.693. The third-order valence-corrected chi connectivity index (χ3v) is 6.15. The molecule has 174 valence electrons. The first-order valence-corrected chi connectivity index (χ1v) is 11.3. The molecule has 0 N–H and O–H groups in total. The van der Waals surface area contributed by atoms with E-state index in [-0.39, 0.29) is 34.8 Å². The highest BCUT2D eigenvalue weighted by Gasteiger charge is 2.18. The minimum atomic E-state index is -0.575. The molecule has 34 heavy (non-hydrogen) atoms. The fourth-order valence-electron chi connectivity index (χ4n) is 3.46. The first-order valence-electron chi connectivity index (χ1n) is 10.3. The molecular weight excluding hydrogens is 460 g/mol. The van der Waals surface area contributed by atoms with E-state index in [4.69, 9.17) is 4.74 Å². The lowest BCUT2D eigenvalue weighted by Gasteiger charge is -2.18. The number of nitrogens with zero attached hydrogens (tertiary/aromatic N) is 3. The van der Waals surface area contributed by atoms with Gasteiger partial charge < -0.3 is 9.64 Å². The molecule has 4 aromatic rings. The minimum absolute atomic E-state index is 0.0473. The van der Waals surface area contributed by atoms with Crippen LogP contribution < -0.4 is 10.3 Å². The Balaban J connectivity index is 1.60. The van der Waals surface area contributed by atoms with Gasteiger partial charge in [0.25, 0.3) is 5.56 Å². The van der Waals surface area contributed by atoms with Gasteiger partial charge in [-0.2, -0.15) is 0 Å². The van der Waals surface area contributed by atoms with E-state index >= 15 is 0 Å². The van der Waals surface area contributed by atoms with Gasteiger partial charge in [0.15, 0.2) is 16.7 Å². The number of benzene rings is 3. The van der Waals surface area contributed by atoms with Crippen LogP contribution in [0.25, 0.3) is 16.6 Å². The largest absolute Gasteiger partial charge is 0.494 e. The zero-order valence-corrected chi connectivity index (χ0v) is 19.3. The molecule has 0 saturated carbocycles. The van der Waals surface area contributed by atoms with Gasteiger partial charge in [-0.3, -0.25) is 14.2 Å². The van der Waals surface area contributed by atoms with Crippen molar-refractivity contribution in [3.8, 4) is 11.4 Å². The Morgan fingerprint density at radius 2 is 1.79 bits per heavy atom. The summed E-state index contributed by atoms with van der Waals surface area (Å²) in [5, 5.41) is 0.547. The summed E-state index contributed by atoms with van der Waals surface area (Å²) >= 11 is 1.04. The smallest absolute Gasteiger partial charge is 0.266 e. The summed E-state index contributed by atoms with van der Waals surface area (Å²) in [4.78, 5) is 32.0. The van der Waals surface area contributed by atoms with Crippen LogP contribution in [0.15, 0.2) is 76.7 Å². The Hall–Kier alpha value is -3.72. The second kappa shape index (κ2) is 10.0. The van der Waals surface area contributed by atoms with Gasteiger partial charge in [0.1, 0.15) is 5.82 Å². The van der Waals surface area contributed by atoms with Crippen LogP contribution in [-0.2, 0) is 11.3 Å². The summed E-state index contributed by atoms with van der Waals surface area (Å²) in [7, 11) is 2.98. The molecule has 4 rings (SSSR count). The van der Waals surface area contributed by atoms with Crippen molar-refractivity contribution in [2.45, 2.75) is 11.7 Å². The Labute approximate surface area is 198 Å². The highest BCUT2D eigenvalue weighted by molar-refractivity contribution is 7.99. The zero-order chi connectivity index (χ0) is 24.2. The maximum Gasteiger partial charge on any atom is 0.266 e. The summed E-state index contributed by atoms with van der Waals surface area (Å²) < 4.78 is 34.7. The Kier molecular flexibility index (Phi) is 6.93. The molecule has 0 fully saturated rings. The second-order valence-electron chi connectivity index (χ2n) is 7.51. The Bertz CT molecular complexity index is 1420. The van der Waals surface area contributed by atoms with Crippen LogP contribution in [0.5, 0.6) is 5.75 Å². The second-order valence-corrected chi connectivity index (χ2v) is 8.45. The van der Waals surface area contributed by atoms with E-state index in [1.165, 1.54) is 46.9 Å². The van der Waals surface area contributed by atoms with Gasteiger partial charge in [0, 0.05) is 13.6 Å². The molecule has 1 heterocycles. The van der Waals surface area contributed by atoms with Crippen molar-refractivity contribution in [2.75, 3.05) is 19.9 Å². The molecule has 0 spiro atoms. The third-order valence-electron chi connectivity index (χ3n) is 5.22. The molecule has 0 aliphatic rings. The molecule has 6 nitrogen and oxygen atoms in total. The number of ether oxygens (including phenoxy) is 1. The SMILES string of the molecule is COc1ccc(CN(C)C(=O)CSc2nc3ccccc3c(=O)n2-c2ccccc2F)cc1F. The zero-order valence-electron chi connectivity index (χ0n) is 18.5. The molecule has 9 heteroatoms. The number of carbonyl (C=O) groups is 1. The topological polar surface area (TPSA) is 64.4 Å². The highest BCUT2D eigenvalue weighted by Crippen LogP contribution is 2.24. The van der Waals surface area contributed by atoms with E-state index in [1.54, 1.807) is 43.4 Å². The maximum atomic E-state index is 14.6. The van der Waals surface area contributed by atoms with E-state index in [9.17, 15) is 18.4 Å². The van der Waals surface area contributed by atoms with Crippen LogP contribution in [0, 0.1) is 11.6 Å². The predicted octanol–water partition coefficient (Wildman–Crippen LogP) is 4.42. The number of halogens is 2. The third kappa shape index (κ3) is 4.79. The van der Waals surface area contributed by atoms with Crippen molar-refractivity contribution in [2.24, 2.45) is 0 Å². The van der Waals surface area contributed by atoms with Gasteiger partial charge in [-0.1, -0.05) is 42.1 Å². The van der Waals surface area contributed by atoms with E-state index in [1.807, 2.05) is 0 Å². The van der Waals surface area contributed by atoms with E-state index < -0.39 is 17.2 Å². The molecule has 0 radical (unpaired) electrons. The summed E-state index contributed by atoms with van der Waals surface area (Å²) in [6.07, 6.45) is 0. The van der Waals surface area contributed by atoms with Crippen LogP contribution in [0.3, 0.4) is 0 Å². The Morgan fingerprint density at radius 1 is 1.06 bits per heavy atom. The van der Waals surface area contributed by atoms with Crippen LogP contribution >= 0.6 is 11.8 Å². The normalized spacial score (nSPS) is 10.9. The number of para-hydroxylation sites is 2. The number of carbonyl (C=O) groups excluding carboxylic acids is 1. The summed E-state index contributed by atoms with van der Waals surface area (Å²) in [5.74, 6) is -1.27. The predicted molar refractivity (Wildman–Crippen MR) is 127 cm³/mol. The van der Waals surface area contributed by atoms with Crippen molar-refractivity contribution in [1.82, 2.24) is 14.5 Å².